The Bertz CT molecular complexity index is 1490. The summed E-state index contributed by atoms with van der Waals surface area (Å²) in [5.41, 5.74) is -0.119. The molecule has 0 spiro atoms. The number of rotatable bonds is 5. The molecule has 1 heterocycles. The van der Waals surface area contributed by atoms with E-state index in [2.05, 4.69) is 0 Å². The molecule has 164 valence electrons. The molecule has 0 radical (unpaired) electrons. The minimum absolute atomic E-state index is 0.0134. The Balaban J connectivity index is 2.01. The second-order valence-electron chi connectivity index (χ2n) is 7.05. The van der Waals surface area contributed by atoms with Gasteiger partial charge in [0.05, 0.1) is 30.1 Å². The normalized spacial score (nSPS) is 11.5. The van der Waals surface area contributed by atoms with E-state index in [1.807, 2.05) is 0 Å². The number of carbonyl (C=O) groups is 1. The highest BCUT2D eigenvalue weighted by Crippen LogP contribution is 2.25. The van der Waals surface area contributed by atoms with Crippen molar-refractivity contribution in [3.63, 3.8) is 0 Å². The van der Waals surface area contributed by atoms with Gasteiger partial charge >= 0.3 is 5.69 Å². The fraction of sp³-hybridized carbons (Fsp3) is 0.130. The third-order valence-electron chi connectivity index (χ3n) is 5.12. The summed E-state index contributed by atoms with van der Waals surface area (Å²) in [6, 6.07) is 17.1. The Kier molecular flexibility index (Phi) is 5.35. The smallest absolute Gasteiger partial charge is 0.350 e. The van der Waals surface area contributed by atoms with E-state index in [1.165, 1.54) is 44.6 Å². The zero-order valence-corrected chi connectivity index (χ0v) is 18.4. The van der Waals surface area contributed by atoms with Gasteiger partial charge in [0.2, 0.25) is 0 Å². The van der Waals surface area contributed by atoms with Crippen molar-refractivity contribution in [3.8, 4) is 11.5 Å². The first-order valence-corrected chi connectivity index (χ1v) is 11.0. The molecule has 0 atom stereocenters. The lowest BCUT2D eigenvalue weighted by atomic mass is 10.2. The van der Waals surface area contributed by atoms with Gasteiger partial charge in [0.1, 0.15) is 11.5 Å². The van der Waals surface area contributed by atoms with Crippen LogP contribution in [0.25, 0.3) is 11.0 Å². The van der Waals surface area contributed by atoms with Crippen molar-refractivity contribution in [2.45, 2.75) is 11.8 Å². The van der Waals surface area contributed by atoms with E-state index in [0.717, 1.165) is 4.57 Å². The van der Waals surface area contributed by atoms with Gasteiger partial charge in [0.25, 0.3) is 15.9 Å². The average molecular weight is 452 g/mol. The van der Waals surface area contributed by atoms with Crippen molar-refractivity contribution < 1.29 is 22.7 Å². The van der Waals surface area contributed by atoms with Crippen LogP contribution in [-0.4, -0.2) is 37.1 Å². The molecular formula is C23H20N2O6S. The number of nitrogens with zero attached hydrogens (tertiary/aromatic N) is 2. The molecule has 32 heavy (non-hydrogen) atoms. The predicted octanol–water partition coefficient (Wildman–Crippen LogP) is 3.05. The summed E-state index contributed by atoms with van der Waals surface area (Å²) in [6.45, 7) is 1.64. The molecule has 9 heteroatoms. The molecule has 0 fully saturated rings. The third kappa shape index (κ3) is 3.36. The number of carbonyl (C=O) groups excluding carboxylic acids is 1. The molecule has 0 amide bonds. The molecule has 0 aliphatic carbocycles. The maximum absolute atomic E-state index is 13.5. The third-order valence-corrected chi connectivity index (χ3v) is 6.97. The number of imidazole rings is 1. The Morgan fingerprint density at radius 1 is 0.844 bits per heavy atom. The van der Waals surface area contributed by atoms with E-state index in [-0.39, 0.29) is 21.5 Å². The van der Waals surface area contributed by atoms with Crippen LogP contribution in [0.4, 0.5) is 0 Å². The Hall–Kier alpha value is -3.85. The molecule has 0 unspecified atom stereocenters. The van der Waals surface area contributed by atoms with Crippen LogP contribution in [0, 0.1) is 6.92 Å². The largest absolute Gasteiger partial charge is 0.497 e. The zero-order valence-electron chi connectivity index (χ0n) is 17.6. The molecule has 0 aliphatic heterocycles. The fourth-order valence-electron chi connectivity index (χ4n) is 3.55. The van der Waals surface area contributed by atoms with Gasteiger partial charge in [0.15, 0.2) is 0 Å². The molecule has 4 aromatic rings. The molecule has 8 nitrogen and oxygen atoms in total. The summed E-state index contributed by atoms with van der Waals surface area (Å²) in [6.07, 6.45) is 0. The molecule has 0 saturated carbocycles. The first-order chi connectivity index (χ1) is 15.3. The van der Waals surface area contributed by atoms with Gasteiger partial charge in [-0.25, -0.2) is 17.8 Å². The van der Waals surface area contributed by atoms with Crippen LogP contribution in [-0.2, 0) is 10.0 Å². The highest BCUT2D eigenvalue weighted by molar-refractivity contribution is 7.90. The Labute approximate surface area is 184 Å². The van der Waals surface area contributed by atoms with E-state index in [4.69, 9.17) is 9.47 Å². The first kappa shape index (κ1) is 21.4. The number of aryl methyl sites for hydroxylation is 1. The van der Waals surface area contributed by atoms with Crippen molar-refractivity contribution in [3.05, 3.63) is 88.3 Å². The predicted molar refractivity (Wildman–Crippen MR) is 119 cm³/mol. The summed E-state index contributed by atoms with van der Waals surface area (Å²) in [4.78, 5) is 26.8. The van der Waals surface area contributed by atoms with Gasteiger partial charge in [-0.15, -0.1) is 0 Å². The average Bonchev–Trinajstić information content (AvgIpc) is 3.10. The van der Waals surface area contributed by atoms with E-state index < -0.39 is 21.6 Å². The molecule has 0 aliphatic rings. The quantitative estimate of drug-likeness (QED) is 0.462. The van der Waals surface area contributed by atoms with E-state index >= 15 is 0 Å². The van der Waals surface area contributed by atoms with Crippen molar-refractivity contribution in [2.75, 3.05) is 14.2 Å². The van der Waals surface area contributed by atoms with Gasteiger partial charge in [-0.05, 0) is 42.8 Å². The van der Waals surface area contributed by atoms with E-state index in [9.17, 15) is 18.0 Å². The summed E-state index contributed by atoms with van der Waals surface area (Å²) < 4.78 is 38.9. The van der Waals surface area contributed by atoms with Gasteiger partial charge in [-0.2, -0.15) is 3.97 Å². The van der Waals surface area contributed by atoms with Crippen molar-refractivity contribution in [1.29, 1.82) is 0 Å². The van der Waals surface area contributed by atoms with Gasteiger partial charge < -0.3 is 9.47 Å². The van der Waals surface area contributed by atoms with Crippen LogP contribution >= 0.6 is 0 Å². The molecule has 0 saturated heterocycles. The topological polar surface area (TPSA) is 96.6 Å². The van der Waals surface area contributed by atoms with Gasteiger partial charge in [-0.1, -0.05) is 30.3 Å². The summed E-state index contributed by atoms with van der Waals surface area (Å²) >= 11 is 0. The molecule has 0 bridgehead atoms. The number of hydrogen-bond acceptors (Lipinski definition) is 6. The Morgan fingerprint density at radius 3 is 2.00 bits per heavy atom. The van der Waals surface area contributed by atoms with E-state index in [1.54, 1.807) is 43.3 Å². The molecule has 0 N–H and O–H groups in total. The number of aromatic nitrogens is 2. The lowest BCUT2D eigenvalue weighted by Gasteiger charge is -2.09. The fourth-order valence-corrected chi connectivity index (χ4v) is 5.18. The number of benzene rings is 3. The Morgan fingerprint density at radius 2 is 1.41 bits per heavy atom. The second-order valence-corrected chi connectivity index (χ2v) is 8.80. The van der Waals surface area contributed by atoms with Crippen LogP contribution in [0.3, 0.4) is 0 Å². The van der Waals surface area contributed by atoms with Gasteiger partial charge in [0, 0.05) is 11.6 Å². The van der Waals surface area contributed by atoms with Gasteiger partial charge in [-0.3, -0.25) is 4.79 Å². The van der Waals surface area contributed by atoms with Crippen molar-refractivity contribution in [2.24, 2.45) is 0 Å². The highest BCUT2D eigenvalue weighted by Gasteiger charge is 2.29. The van der Waals surface area contributed by atoms with E-state index in [0.29, 0.717) is 21.0 Å². The van der Waals surface area contributed by atoms with Crippen molar-refractivity contribution >= 4 is 27.0 Å². The summed E-state index contributed by atoms with van der Waals surface area (Å²) in [5.74, 6) is 0.0103. The van der Waals surface area contributed by atoms with Crippen LogP contribution in [0.2, 0.25) is 0 Å². The number of ether oxygens (including phenoxy) is 2. The number of hydrogen-bond donors (Lipinski definition) is 0. The first-order valence-electron chi connectivity index (χ1n) is 9.61. The zero-order chi connectivity index (χ0) is 23.0. The maximum atomic E-state index is 13.5. The summed E-state index contributed by atoms with van der Waals surface area (Å²) in [7, 11) is -1.39. The minimum Gasteiger partial charge on any atom is -0.497 e. The SMILES string of the molecule is COc1cc(OC)cc(C(=O)n2c(=O)n(S(=O)(=O)c3ccccc3C)c3ccccc32)c1. The lowest BCUT2D eigenvalue weighted by molar-refractivity contribution is 0.0960. The van der Waals surface area contributed by atoms with Crippen LogP contribution in [0.5, 0.6) is 11.5 Å². The number of fused-ring (bicyclic) bond motifs is 1. The van der Waals surface area contributed by atoms with Crippen LogP contribution < -0.4 is 15.2 Å². The monoisotopic (exact) mass is 452 g/mol. The minimum atomic E-state index is -4.27. The molecule has 4 rings (SSSR count). The van der Waals surface area contributed by atoms with Crippen LogP contribution in [0.1, 0.15) is 15.9 Å². The maximum Gasteiger partial charge on any atom is 0.350 e. The lowest BCUT2D eigenvalue weighted by Crippen LogP contribution is -2.33. The molecule has 3 aromatic carbocycles. The molecular weight excluding hydrogens is 432 g/mol. The second kappa shape index (κ2) is 8.01. The standard InChI is InChI=1S/C23H20N2O6S/c1-15-8-4-7-11-21(15)32(28,29)25-20-10-6-5-9-19(20)24(23(25)27)22(26)16-12-17(30-2)14-18(13-16)31-3/h4-14H,1-3H3. The van der Waals surface area contributed by atoms with Crippen LogP contribution in [0.15, 0.2) is 76.4 Å². The summed E-state index contributed by atoms with van der Waals surface area (Å²) in [5, 5.41) is 0. The highest BCUT2D eigenvalue weighted by atomic mass is 32.2. The molecule has 1 aromatic heterocycles. The van der Waals surface area contributed by atoms with Crippen molar-refractivity contribution in [1.82, 2.24) is 8.54 Å². The number of methoxy groups -OCH3 is 2. The number of para-hydroxylation sites is 2.